The molecular formula is C23H21N3O4S. The van der Waals surface area contributed by atoms with Crippen molar-refractivity contribution < 1.29 is 17.6 Å². The van der Waals surface area contributed by atoms with Crippen molar-refractivity contribution in [3.8, 4) is 0 Å². The van der Waals surface area contributed by atoms with Crippen LogP contribution in [0.3, 0.4) is 0 Å². The van der Waals surface area contributed by atoms with E-state index in [-0.39, 0.29) is 22.2 Å². The summed E-state index contributed by atoms with van der Waals surface area (Å²) in [5.74, 6) is -0.0604. The lowest BCUT2D eigenvalue weighted by atomic mass is 10.1. The van der Waals surface area contributed by atoms with E-state index in [1.165, 1.54) is 24.3 Å². The van der Waals surface area contributed by atoms with E-state index in [4.69, 9.17) is 4.42 Å². The van der Waals surface area contributed by atoms with E-state index in [0.717, 1.165) is 11.1 Å². The predicted octanol–water partition coefficient (Wildman–Crippen LogP) is 4.06. The first kappa shape index (κ1) is 20.6. The number of hydrogen-bond donors (Lipinski definition) is 1. The maximum absolute atomic E-state index is 12.6. The van der Waals surface area contributed by atoms with Crippen LogP contribution in [0.4, 0.5) is 5.82 Å². The lowest BCUT2D eigenvalue weighted by molar-refractivity contribution is 0.0994. The number of rotatable bonds is 7. The molecule has 0 bridgehead atoms. The van der Waals surface area contributed by atoms with E-state index in [1.807, 2.05) is 25.1 Å². The summed E-state index contributed by atoms with van der Waals surface area (Å²) in [6.07, 6.45) is 1.60. The summed E-state index contributed by atoms with van der Waals surface area (Å²) in [7, 11) is -3.56. The molecule has 0 aliphatic carbocycles. The highest BCUT2D eigenvalue weighted by Gasteiger charge is 2.20. The Morgan fingerprint density at radius 3 is 2.61 bits per heavy atom. The van der Waals surface area contributed by atoms with E-state index in [2.05, 4.69) is 16.5 Å². The Hall–Kier alpha value is -3.65. The minimum atomic E-state index is -3.56. The molecule has 0 saturated carbocycles. The summed E-state index contributed by atoms with van der Waals surface area (Å²) in [6.45, 7) is 2.52. The normalized spacial score (nSPS) is 11.4. The number of aromatic nitrogens is 2. The third-order valence-electron chi connectivity index (χ3n) is 4.69. The van der Waals surface area contributed by atoms with E-state index in [0.29, 0.717) is 12.4 Å². The van der Waals surface area contributed by atoms with Crippen molar-refractivity contribution in [2.45, 2.75) is 24.1 Å². The largest absolute Gasteiger partial charge is 0.455 e. The predicted molar refractivity (Wildman–Crippen MR) is 117 cm³/mol. The topological polar surface area (TPSA) is 94.2 Å². The maximum Gasteiger partial charge on any atom is 0.292 e. The van der Waals surface area contributed by atoms with Gasteiger partial charge in [0, 0.05) is 6.07 Å². The van der Waals surface area contributed by atoms with Crippen LogP contribution in [0.15, 0.2) is 88.3 Å². The maximum atomic E-state index is 12.6. The molecule has 0 atom stereocenters. The van der Waals surface area contributed by atoms with Crippen LogP contribution in [-0.4, -0.2) is 24.1 Å². The van der Waals surface area contributed by atoms with Gasteiger partial charge in [0.2, 0.25) is 0 Å². The van der Waals surface area contributed by atoms with Crippen LogP contribution in [0.2, 0.25) is 0 Å². The zero-order valence-corrected chi connectivity index (χ0v) is 17.7. The monoisotopic (exact) mass is 435 g/mol. The molecule has 31 heavy (non-hydrogen) atoms. The molecule has 1 N–H and O–H groups in total. The first-order valence-electron chi connectivity index (χ1n) is 9.66. The van der Waals surface area contributed by atoms with Gasteiger partial charge >= 0.3 is 0 Å². The van der Waals surface area contributed by atoms with Crippen molar-refractivity contribution >= 4 is 21.6 Å². The van der Waals surface area contributed by atoms with E-state index in [1.54, 1.807) is 35.1 Å². The lowest BCUT2D eigenvalue weighted by Crippen LogP contribution is -2.15. The van der Waals surface area contributed by atoms with Crippen molar-refractivity contribution in [3.63, 3.8) is 0 Å². The molecule has 158 valence electrons. The Bertz CT molecular complexity index is 1310. The van der Waals surface area contributed by atoms with Gasteiger partial charge in [-0.1, -0.05) is 48.0 Å². The molecule has 0 spiro atoms. The summed E-state index contributed by atoms with van der Waals surface area (Å²) in [6, 6.07) is 20.8. The Balaban J connectivity index is 1.45. The Labute approximate surface area is 180 Å². The fourth-order valence-corrected chi connectivity index (χ4v) is 4.47. The summed E-state index contributed by atoms with van der Waals surface area (Å²) in [5, 5.41) is 7.04. The molecule has 8 heteroatoms. The highest BCUT2D eigenvalue weighted by molar-refractivity contribution is 7.90. The third kappa shape index (κ3) is 4.92. The van der Waals surface area contributed by atoms with Gasteiger partial charge in [-0.2, -0.15) is 5.10 Å². The van der Waals surface area contributed by atoms with E-state index < -0.39 is 15.7 Å². The highest BCUT2D eigenvalue weighted by Crippen LogP contribution is 2.19. The summed E-state index contributed by atoms with van der Waals surface area (Å²) in [5.41, 5.74) is 2.20. The molecule has 0 fully saturated rings. The van der Waals surface area contributed by atoms with Gasteiger partial charge in [-0.3, -0.25) is 4.79 Å². The number of anilines is 1. The van der Waals surface area contributed by atoms with Crippen LogP contribution in [0.5, 0.6) is 0 Å². The van der Waals surface area contributed by atoms with Crippen molar-refractivity contribution in [1.29, 1.82) is 0 Å². The van der Waals surface area contributed by atoms with Crippen LogP contribution in [0.1, 0.15) is 27.4 Å². The summed E-state index contributed by atoms with van der Waals surface area (Å²) >= 11 is 0. The third-order valence-corrected chi connectivity index (χ3v) is 6.35. The molecule has 4 rings (SSSR count). The van der Waals surface area contributed by atoms with Gasteiger partial charge in [-0.15, -0.1) is 0 Å². The minimum Gasteiger partial charge on any atom is -0.455 e. The van der Waals surface area contributed by atoms with Gasteiger partial charge in [0.15, 0.2) is 15.6 Å². The fourth-order valence-electron chi connectivity index (χ4n) is 3.20. The Kier molecular flexibility index (Phi) is 5.73. The smallest absolute Gasteiger partial charge is 0.292 e. The molecule has 4 aromatic rings. The fraction of sp³-hybridized carbons (Fsp3) is 0.130. The van der Waals surface area contributed by atoms with Gasteiger partial charge in [0.1, 0.15) is 17.3 Å². The van der Waals surface area contributed by atoms with Gasteiger partial charge < -0.3 is 9.73 Å². The number of amides is 1. The SMILES string of the molecule is Cc1cccc(Cn2nccc2NC(=O)c2ccc(CS(=O)(=O)c3ccccc3)o2)c1. The molecule has 2 aromatic carbocycles. The number of hydrogen-bond acceptors (Lipinski definition) is 5. The number of carbonyl (C=O) groups is 1. The number of furan rings is 1. The molecule has 0 radical (unpaired) electrons. The second-order valence-electron chi connectivity index (χ2n) is 7.16. The molecule has 0 aliphatic rings. The molecule has 0 unspecified atom stereocenters. The Morgan fingerprint density at radius 1 is 1.03 bits per heavy atom. The number of nitrogens with zero attached hydrogens (tertiary/aromatic N) is 2. The van der Waals surface area contributed by atoms with Crippen LogP contribution in [0.25, 0.3) is 0 Å². The zero-order chi connectivity index (χ0) is 21.8. The molecule has 2 aromatic heterocycles. The Morgan fingerprint density at radius 2 is 1.84 bits per heavy atom. The molecule has 2 heterocycles. The van der Waals surface area contributed by atoms with Gasteiger partial charge in [-0.05, 0) is 36.8 Å². The molecule has 7 nitrogen and oxygen atoms in total. The number of carbonyl (C=O) groups excluding carboxylic acids is 1. The van der Waals surface area contributed by atoms with Crippen LogP contribution >= 0.6 is 0 Å². The quantitative estimate of drug-likeness (QED) is 0.472. The first-order valence-corrected chi connectivity index (χ1v) is 11.3. The van der Waals surface area contributed by atoms with Crippen LogP contribution < -0.4 is 5.32 Å². The summed E-state index contributed by atoms with van der Waals surface area (Å²) < 4.78 is 32.2. The number of sulfone groups is 1. The minimum absolute atomic E-state index is 0.0292. The number of aryl methyl sites for hydroxylation is 1. The average molecular weight is 436 g/mol. The van der Waals surface area contributed by atoms with Gasteiger partial charge in [-0.25, -0.2) is 13.1 Å². The number of benzene rings is 2. The van der Waals surface area contributed by atoms with Crippen LogP contribution in [-0.2, 0) is 22.1 Å². The van der Waals surface area contributed by atoms with Crippen molar-refractivity contribution in [1.82, 2.24) is 9.78 Å². The van der Waals surface area contributed by atoms with Crippen molar-refractivity contribution in [2.24, 2.45) is 0 Å². The molecule has 0 saturated heterocycles. The first-order chi connectivity index (χ1) is 14.9. The van der Waals surface area contributed by atoms with Crippen molar-refractivity contribution in [3.05, 3.63) is 102 Å². The van der Waals surface area contributed by atoms with Gasteiger partial charge in [0.05, 0.1) is 17.6 Å². The number of nitrogens with one attached hydrogen (secondary N) is 1. The summed E-state index contributed by atoms with van der Waals surface area (Å²) in [4.78, 5) is 12.8. The second-order valence-corrected chi connectivity index (χ2v) is 9.14. The standard InChI is InChI=1S/C23H21N3O4S/c1-17-6-5-7-18(14-17)15-26-22(12-13-24-26)25-23(27)21-11-10-19(30-21)16-31(28,29)20-8-3-2-4-9-20/h2-14H,15-16H2,1H3,(H,25,27). The average Bonchev–Trinajstić information content (AvgIpc) is 3.38. The zero-order valence-electron chi connectivity index (χ0n) is 16.9. The van der Waals surface area contributed by atoms with E-state index >= 15 is 0 Å². The lowest BCUT2D eigenvalue weighted by Gasteiger charge is -2.09. The molecular weight excluding hydrogens is 414 g/mol. The van der Waals surface area contributed by atoms with E-state index in [9.17, 15) is 13.2 Å². The molecule has 1 amide bonds. The molecule has 0 aliphatic heterocycles. The van der Waals surface area contributed by atoms with Crippen molar-refractivity contribution in [2.75, 3.05) is 5.32 Å². The highest BCUT2D eigenvalue weighted by atomic mass is 32.2. The van der Waals surface area contributed by atoms with Crippen LogP contribution in [0, 0.1) is 6.92 Å². The second kappa shape index (κ2) is 8.61. The van der Waals surface area contributed by atoms with Gasteiger partial charge in [0.25, 0.3) is 5.91 Å².